The molecule has 0 amide bonds. The summed E-state index contributed by atoms with van der Waals surface area (Å²) in [6.07, 6.45) is 5.55. The molecule has 0 radical (unpaired) electrons. The van der Waals surface area contributed by atoms with E-state index in [0.29, 0.717) is 0 Å². The topological polar surface area (TPSA) is 20.2 Å². The predicted octanol–water partition coefficient (Wildman–Crippen LogP) is 2.34. The molecule has 9 heavy (non-hydrogen) atoms. The molecule has 0 aromatic rings. The lowest BCUT2D eigenvalue weighted by atomic mass is 10.1. The van der Waals surface area contributed by atoms with Crippen LogP contribution in [-0.2, 0) is 0 Å². The van der Waals surface area contributed by atoms with Gasteiger partial charge < -0.3 is 5.11 Å². The highest BCUT2D eigenvalue weighted by Crippen LogP contribution is 2.04. The standard InChI is InChI=1S/C8H18O/c1-3-5-6-7-8(9)4-2/h8-9H,3-7H2,1-2H3/t8-/m0/s1. The minimum atomic E-state index is -0.0449. The van der Waals surface area contributed by atoms with Crippen molar-refractivity contribution in [3.63, 3.8) is 0 Å². The van der Waals surface area contributed by atoms with Gasteiger partial charge in [0.1, 0.15) is 0 Å². The summed E-state index contributed by atoms with van der Waals surface area (Å²) in [6.45, 7) is 4.20. The summed E-state index contributed by atoms with van der Waals surface area (Å²) < 4.78 is 0. The van der Waals surface area contributed by atoms with Crippen LogP contribution in [-0.4, -0.2) is 11.2 Å². The zero-order valence-electron chi connectivity index (χ0n) is 6.56. The number of aliphatic hydroxyl groups excluding tert-OH is 1. The lowest BCUT2D eigenvalue weighted by molar-refractivity contribution is 0.156. The fourth-order valence-electron chi connectivity index (χ4n) is 0.834. The summed E-state index contributed by atoms with van der Waals surface area (Å²) in [5.74, 6) is 0. The molecule has 1 N–H and O–H groups in total. The molecule has 0 aliphatic carbocycles. The van der Waals surface area contributed by atoms with Crippen LogP contribution in [0.4, 0.5) is 0 Å². The molecular formula is C8H18O. The smallest absolute Gasteiger partial charge is 0.0537 e. The zero-order chi connectivity index (χ0) is 7.11. The second-order valence-electron chi connectivity index (χ2n) is 2.56. The molecule has 0 heterocycles. The van der Waals surface area contributed by atoms with E-state index >= 15 is 0 Å². The van der Waals surface area contributed by atoms with Crippen LogP contribution in [0.1, 0.15) is 46.0 Å². The first kappa shape index (κ1) is 8.96. The highest BCUT2D eigenvalue weighted by Gasteiger charge is 1.97. The summed E-state index contributed by atoms with van der Waals surface area (Å²) >= 11 is 0. The molecule has 56 valence electrons. The lowest BCUT2D eigenvalue weighted by Crippen LogP contribution is -2.02. The first-order valence-electron chi connectivity index (χ1n) is 3.99. The summed E-state index contributed by atoms with van der Waals surface area (Å²) in [5, 5.41) is 9.08. The van der Waals surface area contributed by atoms with Crippen LogP contribution in [0.3, 0.4) is 0 Å². The van der Waals surface area contributed by atoms with Crippen molar-refractivity contribution in [1.29, 1.82) is 0 Å². The number of unbranched alkanes of at least 4 members (excludes halogenated alkanes) is 2. The molecule has 1 atom stereocenters. The van der Waals surface area contributed by atoms with Gasteiger partial charge in [0.15, 0.2) is 0 Å². The molecule has 0 rings (SSSR count). The van der Waals surface area contributed by atoms with Crippen LogP contribution in [0.25, 0.3) is 0 Å². The van der Waals surface area contributed by atoms with E-state index in [-0.39, 0.29) is 6.10 Å². The van der Waals surface area contributed by atoms with Crippen LogP contribution in [0.5, 0.6) is 0 Å². The molecule has 0 aromatic carbocycles. The van der Waals surface area contributed by atoms with Gasteiger partial charge >= 0.3 is 0 Å². The molecule has 0 aliphatic rings. The molecule has 1 nitrogen and oxygen atoms in total. The van der Waals surface area contributed by atoms with Crippen LogP contribution in [0, 0.1) is 0 Å². The maximum Gasteiger partial charge on any atom is 0.0537 e. The van der Waals surface area contributed by atoms with E-state index in [1.54, 1.807) is 0 Å². The fourth-order valence-corrected chi connectivity index (χ4v) is 0.834. The van der Waals surface area contributed by atoms with Crippen LogP contribution < -0.4 is 0 Å². The van der Waals surface area contributed by atoms with Crippen molar-refractivity contribution in [2.24, 2.45) is 0 Å². The Labute approximate surface area is 58.1 Å². The predicted molar refractivity (Wildman–Crippen MR) is 40.4 cm³/mol. The van der Waals surface area contributed by atoms with E-state index < -0.39 is 0 Å². The zero-order valence-corrected chi connectivity index (χ0v) is 6.56. The van der Waals surface area contributed by atoms with Crippen LogP contribution in [0.2, 0.25) is 0 Å². The normalized spacial score (nSPS) is 13.7. The molecule has 0 saturated heterocycles. The van der Waals surface area contributed by atoms with Gasteiger partial charge in [-0.05, 0) is 12.8 Å². The molecular weight excluding hydrogens is 112 g/mol. The van der Waals surface area contributed by atoms with Crippen LogP contribution in [0.15, 0.2) is 0 Å². The Morgan fingerprint density at radius 3 is 2.33 bits per heavy atom. The van der Waals surface area contributed by atoms with Crippen molar-refractivity contribution in [2.45, 2.75) is 52.1 Å². The molecule has 0 saturated carbocycles. The summed E-state index contributed by atoms with van der Waals surface area (Å²) in [4.78, 5) is 0. The Bertz CT molecular complexity index is 52.5. The highest BCUT2D eigenvalue weighted by atomic mass is 16.3. The Morgan fingerprint density at radius 2 is 1.89 bits per heavy atom. The van der Waals surface area contributed by atoms with E-state index in [4.69, 9.17) is 5.11 Å². The Morgan fingerprint density at radius 1 is 1.22 bits per heavy atom. The number of rotatable bonds is 5. The van der Waals surface area contributed by atoms with Gasteiger partial charge in [-0.25, -0.2) is 0 Å². The van der Waals surface area contributed by atoms with E-state index in [1.807, 2.05) is 6.92 Å². The third-order valence-corrected chi connectivity index (χ3v) is 1.61. The van der Waals surface area contributed by atoms with Crippen LogP contribution >= 0.6 is 0 Å². The molecule has 1 heteroatoms. The highest BCUT2D eigenvalue weighted by molar-refractivity contribution is 4.51. The molecule has 0 fully saturated rings. The van der Waals surface area contributed by atoms with E-state index in [0.717, 1.165) is 12.8 Å². The first-order chi connectivity index (χ1) is 4.31. The first-order valence-corrected chi connectivity index (χ1v) is 3.99. The van der Waals surface area contributed by atoms with Crippen molar-refractivity contribution >= 4 is 0 Å². The second kappa shape index (κ2) is 6.09. The van der Waals surface area contributed by atoms with Gasteiger partial charge in [0.25, 0.3) is 0 Å². The van der Waals surface area contributed by atoms with Gasteiger partial charge in [0.05, 0.1) is 6.10 Å². The number of hydrogen-bond donors (Lipinski definition) is 1. The van der Waals surface area contributed by atoms with E-state index in [2.05, 4.69) is 6.92 Å². The maximum atomic E-state index is 9.08. The van der Waals surface area contributed by atoms with Crippen molar-refractivity contribution in [3.8, 4) is 0 Å². The van der Waals surface area contributed by atoms with Gasteiger partial charge in [0.2, 0.25) is 0 Å². The maximum absolute atomic E-state index is 9.08. The van der Waals surface area contributed by atoms with E-state index in [9.17, 15) is 0 Å². The van der Waals surface area contributed by atoms with Gasteiger partial charge in [-0.2, -0.15) is 0 Å². The van der Waals surface area contributed by atoms with Crippen molar-refractivity contribution < 1.29 is 5.11 Å². The fraction of sp³-hybridized carbons (Fsp3) is 1.00. The van der Waals surface area contributed by atoms with Crippen molar-refractivity contribution in [3.05, 3.63) is 0 Å². The van der Waals surface area contributed by atoms with Gasteiger partial charge in [-0.1, -0.05) is 33.1 Å². The largest absolute Gasteiger partial charge is 0.393 e. The van der Waals surface area contributed by atoms with Gasteiger partial charge in [-0.15, -0.1) is 0 Å². The minimum Gasteiger partial charge on any atom is -0.393 e. The van der Waals surface area contributed by atoms with Crippen molar-refractivity contribution in [1.82, 2.24) is 0 Å². The average Bonchev–Trinajstić information content (AvgIpc) is 1.89. The second-order valence-corrected chi connectivity index (χ2v) is 2.56. The number of hydrogen-bond acceptors (Lipinski definition) is 1. The Hall–Kier alpha value is -0.0400. The third kappa shape index (κ3) is 5.84. The van der Waals surface area contributed by atoms with E-state index in [1.165, 1.54) is 19.3 Å². The minimum absolute atomic E-state index is 0.0449. The monoisotopic (exact) mass is 130 g/mol. The van der Waals surface area contributed by atoms with Gasteiger partial charge in [0, 0.05) is 0 Å². The average molecular weight is 130 g/mol. The lowest BCUT2D eigenvalue weighted by Gasteiger charge is -2.04. The van der Waals surface area contributed by atoms with Crippen molar-refractivity contribution in [2.75, 3.05) is 0 Å². The van der Waals surface area contributed by atoms with Gasteiger partial charge in [-0.3, -0.25) is 0 Å². The quantitative estimate of drug-likeness (QED) is 0.566. The molecule has 0 unspecified atom stereocenters. The molecule has 0 aliphatic heterocycles. The Balaban J connectivity index is 2.88. The SMILES string of the molecule is CCCCC[C@@H](O)CC. The third-order valence-electron chi connectivity index (χ3n) is 1.61. The number of aliphatic hydroxyl groups is 1. The summed E-state index contributed by atoms with van der Waals surface area (Å²) in [6, 6.07) is 0. The Kier molecular flexibility index (Phi) is 6.06. The molecule has 0 spiro atoms. The molecule has 0 bridgehead atoms. The summed E-state index contributed by atoms with van der Waals surface area (Å²) in [7, 11) is 0. The summed E-state index contributed by atoms with van der Waals surface area (Å²) in [5.41, 5.74) is 0. The molecule has 0 aromatic heterocycles.